The summed E-state index contributed by atoms with van der Waals surface area (Å²) in [5, 5.41) is 3.40. The second-order valence-electron chi connectivity index (χ2n) is 6.57. The molecule has 27 heavy (non-hydrogen) atoms. The van der Waals surface area contributed by atoms with Crippen LogP contribution in [0.4, 0.5) is 11.4 Å². The third-order valence-electron chi connectivity index (χ3n) is 4.83. The Labute approximate surface area is 166 Å². The van der Waals surface area contributed by atoms with Crippen molar-refractivity contribution in [1.29, 1.82) is 0 Å². The predicted molar refractivity (Wildman–Crippen MR) is 112 cm³/mol. The van der Waals surface area contributed by atoms with Crippen molar-refractivity contribution in [3.8, 4) is 0 Å². The van der Waals surface area contributed by atoms with E-state index in [-0.39, 0.29) is 23.9 Å². The number of nitrogens with one attached hydrogen (secondary N) is 1. The highest BCUT2D eigenvalue weighted by molar-refractivity contribution is 7.20. The molecular formula is C19H21ClN4O2S. The number of benzene rings is 1. The average molecular weight is 405 g/mol. The molecule has 1 amide bonds. The molecule has 3 heterocycles. The molecule has 0 radical (unpaired) electrons. The lowest BCUT2D eigenvalue weighted by Crippen LogP contribution is -2.24. The van der Waals surface area contributed by atoms with Gasteiger partial charge in [-0.05, 0) is 37.5 Å². The van der Waals surface area contributed by atoms with E-state index in [2.05, 4.69) is 5.32 Å². The number of hydrogen-bond acceptors (Lipinski definition) is 5. The zero-order valence-electron chi connectivity index (χ0n) is 14.9. The number of fused-ring (bicyclic) bond motifs is 2. The van der Waals surface area contributed by atoms with Gasteiger partial charge < -0.3 is 11.1 Å². The Morgan fingerprint density at radius 1 is 1.26 bits per heavy atom. The van der Waals surface area contributed by atoms with Gasteiger partial charge in [-0.3, -0.25) is 14.2 Å². The van der Waals surface area contributed by atoms with Crippen LogP contribution in [-0.2, 0) is 13.0 Å². The van der Waals surface area contributed by atoms with Crippen molar-refractivity contribution in [3.05, 3.63) is 50.9 Å². The number of amides is 1. The Morgan fingerprint density at radius 3 is 2.81 bits per heavy atom. The van der Waals surface area contributed by atoms with Crippen molar-refractivity contribution in [2.75, 3.05) is 11.1 Å². The van der Waals surface area contributed by atoms with E-state index >= 15 is 0 Å². The summed E-state index contributed by atoms with van der Waals surface area (Å²) in [5.74, 6) is 0.573. The summed E-state index contributed by atoms with van der Waals surface area (Å²) in [7, 11) is 0. The topological polar surface area (TPSA) is 90.0 Å². The van der Waals surface area contributed by atoms with Crippen molar-refractivity contribution in [2.24, 2.45) is 0 Å². The van der Waals surface area contributed by atoms with Gasteiger partial charge in [0.15, 0.2) is 0 Å². The first-order valence-corrected chi connectivity index (χ1v) is 9.56. The zero-order chi connectivity index (χ0) is 18.3. The third-order valence-corrected chi connectivity index (χ3v) is 6.01. The molecular weight excluding hydrogens is 384 g/mol. The van der Waals surface area contributed by atoms with Crippen LogP contribution in [0.15, 0.2) is 29.1 Å². The number of hydrogen-bond donors (Lipinski definition) is 2. The summed E-state index contributed by atoms with van der Waals surface area (Å²) in [5.41, 5.74) is 7.63. The van der Waals surface area contributed by atoms with Crippen LogP contribution < -0.4 is 16.6 Å². The van der Waals surface area contributed by atoms with Gasteiger partial charge in [0.2, 0.25) is 0 Å². The van der Waals surface area contributed by atoms with Crippen LogP contribution in [0.5, 0.6) is 0 Å². The number of rotatable bonds is 2. The molecule has 1 aliphatic rings. The van der Waals surface area contributed by atoms with Crippen LogP contribution in [-0.4, -0.2) is 15.5 Å². The minimum Gasteiger partial charge on any atom is -0.397 e. The standard InChI is InChI=1S/C19H20N4O2S.ClH/c1-11-15-18(22-14-9-3-2-6-10-23(14)19(15)25)26-16(11)17(24)21-13-8-5-4-7-12(13)20;/h4-5,7-8H,2-3,6,9-10,20H2,1H3,(H,21,24);1H. The van der Waals surface area contributed by atoms with Crippen LogP contribution in [0, 0.1) is 6.92 Å². The molecule has 1 aliphatic heterocycles. The van der Waals surface area contributed by atoms with E-state index in [4.69, 9.17) is 10.7 Å². The summed E-state index contributed by atoms with van der Waals surface area (Å²) in [6.07, 6.45) is 3.96. The van der Waals surface area contributed by atoms with Gasteiger partial charge in [-0.15, -0.1) is 23.7 Å². The number of nitrogens with two attached hydrogens (primary N) is 1. The molecule has 0 unspecified atom stereocenters. The van der Waals surface area contributed by atoms with E-state index in [1.54, 1.807) is 16.7 Å². The highest BCUT2D eigenvalue weighted by atomic mass is 35.5. The largest absolute Gasteiger partial charge is 0.397 e. The summed E-state index contributed by atoms with van der Waals surface area (Å²) in [4.78, 5) is 31.6. The maximum absolute atomic E-state index is 13.0. The number of nitrogens with zero attached hydrogens (tertiary/aromatic N) is 2. The Balaban J connectivity index is 0.00000210. The van der Waals surface area contributed by atoms with Crippen molar-refractivity contribution >= 4 is 51.2 Å². The first-order chi connectivity index (χ1) is 12.6. The lowest BCUT2D eigenvalue weighted by Gasteiger charge is -2.08. The monoisotopic (exact) mass is 404 g/mol. The Hall–Kier alpha value is -2.38. The van der Waals surface area contributed by atoms with E-state index in [1.807, 2.05) is 19.1 Å². The summed E-state index contributed by atoms with van der Waals surface area (Å²) >= 11 is 1.27. The van der Waals surface area contributed by atoms with E-state index in [1.165, 1.54) is 11.3 Å². The van der Waals surface area contributed by atoms with Gasteiger partial charge in [-0.2, -0.15) is 0 Å². The van der Waals surface area contributed by atoms with E-state index in [0.717, 1.165) is 31.5 Å². The fraction of sp³-hybridized carbons (Fsp3) is 0.316. The number of halogens is 1. The maximum atomic E-state index is 13.0. The number of carbonyl (C=O) groups excluding carboxylic acids is 1. The van der Waals surface area contributed by atoms with Crippen LogP contribution in [0.2, 0.25) is 0 Å². The van der Waals surface area contributed by atoms with Gasteiger partial charge in [0.05, 0.1) is 21.6 Å². The normalized spacial score (nSPS) is 13.5. The van der Waals surface area contributed by atoms with Crippen LogP contribution in [0.3, 0.4) is 0 Å². The van der Waals surface area contributed by atoms with Crippen LogP contribution >= 0.6 is 23.7 Å². The molecule has 0 spiro atoms. The number of para-hydroxylation sites is 2. The van der Waals surface area contributed by atoms with Crippen molar-refractivity contribution < 1.29 is 4.79 Å². The number of anilines is 2. The van der Waals surface area contributed by atoms with Crippen molar-refractivity contribution in [2.45, 2.75) is 39.2 Å². The molecule has 0 saturated heterocycles. The molecule has 0 atom stereocenters. The van der Waals surface area contributed by atoms with Crippen molar-refractivity contribution in [1.82, 2.24) is 9.55 Å². The molecule has 3 aromatic rings. The highest BCUT2D eigenvalue weighted by Crippen LogP contribution is 2.29. The van der Waals surface area contributed by atoms with E-state index in [0.29, 0.717) is 38.6 Å². The average Bonchev–Trinajstić information content (AvgIpc) is 2.80. The second-order valence-corrected chi connectivity index (χ2v) is 7.57. The molecule has 3 N–H and O–H groups in total. The molecule has 0 fully saturated rings. The minimum absolute atomic E-state index is 0. The fourth-order valence-corrected chi connectivity index (χ4v) is 4.50. The predicted octanol–water partition coefficient (Wildman–Crippen LogP) is 3.75. The summed E-state index contributed by atoms with van der Waals surface area (Å²) in [6, 6.07) is 7.12. The van der Waals surface area contributed by atoms with Gasteiger partial charge >= 0.3 is 0 Å². The molecule has 0 saturated carbocycles. The first-order valence-electron chi connectivity index (χ1n) is 8.75. The Kier molecular flexibility index (Phi) is 5.53. The van der Waals surface area contributed by atoms with E-state index < -0.39 is 0 Å². The van der Waals surface area contributed by atoms with E-state index in [9.17, 15) is 9.59 Å². The van der Waals surface area contributed by atoms with Crippen LogP contribution in [0.1, 0.15) is 40.3 Å². The van der Waals surface area contributed by atoms with Gasteiger partial charge in [0.1, 0.15) is 10.7 Å². The molecule has 0 aliphatic carbocycles. The number of carbonyl (C=O) groups is 1. The number of aromatic nitrogens is 2. The van der Waals surface area contributed by atoms with Gasteiger partial charge in [0.25, 0.3) is 11.5 Å². The SMILES string of the molecule is Cc1c(C(=O)Nc2ccccc2N)sc2nc3n(c(=O)c12)CCCCC3.Cl. The Morgan fingerprint density at radius 2 is 2.04 bits per heavy atom. The molecule has 8 heteroatoms. The molecule has 0 bridgehead atoms. The Bertz CT molecular complexity index is 1070. The number of aryl methyl sites for hydroxylation is 2. The lowest BCUT2D eigenvalue weighted by atomic mass is 10.2. The first kappa shape index (κ1) is 19.4. The lowest BCUT2D eigenvalue weighted by molar-refractivity contribution is 0.103. The quantitative estimate of drug-likeness (QED) is 0.636. The zero-order valence-corrected chi connectivity index (χ0v) is 16.6. The fourth-order valence-electron chi connectivity index (χ4n) is 3.42. The number of thiophene rings is 1. The molecule has 6 nitrogen and oxygen atoms in total. The van der Waals surface area contributed by atoms with Crippen LogP contribution in [0.25, 0.3) is 10.2 Å². The molecule has 1 aromatic carbocycles. The molecule has 2 aromatic heterocycles. The van der Waals surface area contributed by atoms with Crippen molar-refractivity contribution in [3.63, 3.8) is 0 Å². The smallest absolute Gasteiger partial charge is 0.266 e. The molecule has 4 rings (SSSR count). The van der Waals surface area contributed by atoms with Gasteiger partial charge in [-0.25, -0.2) is 4.98 Å². The third kappa shape index (κ3) is 3.44. The van der Waals surface area contributed by atoms with Gasteiger partial charge in [0, 0.05) is 13.0 Å². The highest BCUT2D eigenvalue weighted by Gasteiger charge is 2.22. The number of nitrogen functional groups attached to an aromatic ring is 1. The molecule has 142 valence electrons. The summed E-state index contributed by atoms with van der Waals surface area (Å²) < 4.78 is 1.78. The second kappa shape index (κ2) is 7.70. The van der Waals surface area contributed by atoms with Gasteiger partial charge in [-0.1, -0.05) is 18.6 Å². The maximum Gasteiger partial charge on any atom is 0.266 e. The summed E-state index contributed by atoms with van der Waals surface area (Å²) in [6.45, 7) is 2.52. The minimum atomic E-state index is -0.261.